The highest BCUT2D eigenvalue weighted by Gasteiger charge is 2.41. The maximum atomic E-state index is 11.2. The third kappa shape index (κ3) is 1.06. The highest BCUT2D eigenvalue weighted by Crippen LogP contribution is 2.36. The zero-order chi connectivity index (χ0) is 10.3. The summed E-state index contributed by atoms with van der Waals surface area (Å²) in [4.78, 5) is 11.2. The molecule has 0 spiro atoms. The maximum absolute atomic E-state index is 11.2. The lowest BCUT2D eigenvalue weighted by atomic mass is 9.75. The number of fused-ring (bicyclic) bond motifs is 1. The van der Waals surface area contributed by atoms with Gasteiger partial charge in [0, 0.05) is 7.05 Å². The van der Waals surface area contributed by atoms with Crippen LogP contribution in [0.4, 0.5) is 0 Å². The first-order chi connectivity index (χ1) is 6.55. The molecular weight excluding hydrogens is 180 g/mol. The summed E-state index contributed by atoms with van der Waals surface area (Å²) in [6, 6.07) is 0. The molecule has 1 unspecified atom stereocenters. The number of carboxylic acids is 1. The molecule has 0 fully saturated rings. The van der Waals surface area contributed by atoms with E-state index in [0.717, 1.165) is 24.1 Å². The van der Waals surface area contributed by atoms with Crippen LogP contribution in [0.25, 0.3) is 0 Å². The second kappa shape index (κ2) is 2.83. The molecule has 0 amide bonds. The van der Waals surface area contributed by atoms with Gasteiger partial charge in [0.15, 0.2) is 0 Å². The van der Waals surface area contributed by atoms with Crippen molar-refractivity contribution in [2.45, 2.75) is 31.6 Å². The third-order valence-corrected chi connectivity index (χ3v) is 3.13. The van der Waals surface area contributed by atoms with Crippen molar-refractivity contribution in [1.29, 1.82) is 0 Å². The predicted molar refractivity (Wildman–Crippen MR) is 51.1 cm³/mol. The van der Waals surface area contributed by atoms with Gasteiger partial charge >= 0.3 is 5.97 Å². The first-order valence-electron chi connectivity index (χ1n) is 4.80. The molecule has 14 heavy (non-hydrogen) atoms. The number of rotatable bonds is 1. The van der Waals surface area contributed by atoms with Gasteiger partial charge in [-0.2, -0.15) is 5.10 Å². The van der Waals surface area contributed by atoms with Gasteiger partial charge < -0.3 is 5.11 Å². The Hall–Kier alpha value is -1.32. The Labute approximate surface area is 82.5 Å². The fourth-order valence-corrected chi connectivity index (χ4v) is 2.34. The summed E-state index contributed by atoms with van der Waals surface area (Å²) < 4.78 is 1.70. The van der Waals surface area contributed by atoms with E-state index in [2.05, 4.69) is 5.10 Å². The summed E-state index contributed by atoms with van der Waals surface area (Å²) in [5.41, 5.74) is 1.21. The van der Waals surface area contributed by atoms with Crippen molar-refractivity contribution in [1.82, 2.24) is 9.78 Å². The zero-order valence-electron chi connectivity index (χ0n) is 8.45. The average Bonchev–Trinajstić information content (AvgIpc) is 2.49. The fraction of sp³-hybridized carbons (Fsp3) is 0.600. The summed E-state index contributed by atoms with van der Waals surface area (Å²) >= 11 is 0. The van der Waals surface area contributed by atoms with Crippen LogP contribution in [0.2, 0.25) is 0 Å². The van der Waals surface area contributed by atoms with E-state index in [1.807, 2.05) is 7.05 Å². The molecule has 0 aliphatic heterocycles. The molecule has 4 nitrogen and oxygen atoms in total. The summed E-state index contributed by atoms with van der Waals surface area (Å²) in [5, 5.41) is 13.4. The van der Waals surface area contributed by atoms with Gasteiger partial charge in [-0.3, -0.25) is 9.48 Å². The Balaban J connectivity index is 2.59. The van der Waals surface area contributed by atoms with E-state index in [1.54, 1.807) is 17.8 Å². The van der Waals surface area contributed by atoms with Crippen molar-refractivity contribution < 1.29 is 9.90 Å². The van der Waals surface area contributed by atoms with Gasteiger partial charge in [0.05, 0.1) is 11.9 Å². The number of nitrogens with zero attached hydrogens (tertiary/aromatic N) is 2. The minimum atomic E-state index is -0.751. The summed E-state index contributed by atoms with van der Waals surface area (Å²) in [7, 11) is 1.81. The zero-order valence-corrected chi connectivity index (χ0v) is 8.45. The summed E-state index contributed by atoms with van der Waals surface area (Å²) in [5.74, 6) is -0.748. The Morgan fingerprint density at radius 3 is 3.07 bits per heavy atom. The molecule has 1 N–H and O–H groups in total. The summed E-state index contributed by atoms with van der Waals surface area (Å²) in [6.07, 6.45) is 4.37. The van der Waals surface area contributed by atoms with Crippen LogP contribution in [0.5, 0.6) is 0 Å². The molecule has 1 aromatic heterocycles. The van der Waals surface area contributed by atoms with Gasteiger partial charge in [0.2, 0.25) is 0 Å². The molecule has 0 saturated heterocycles. The smallest absolute Gasteiger partial charge is 0.315 e. The molecule has 0 radical (unpaired) electrons. The van der Waals surface area contributed by atoms with Crippen LogP contribution in [0.1, 0.15) is 31.0 Å². The van der Waals surface area contributed by atoms with Crippen molar-refractivity contribution in [3.05, 3.63) is 17.5 Å². The Morgan fingerprint density at radius 2 is 2.43 bits per heavy atom. The number of aliphatic carboxylic acids is 1. The van der Waals surface area contributed by atoms with Crippen molar-refractivity contribution in [2.75, 3.05) is 0 Å². The monoisotopic (exact) mass is 194 g/mol. The number of aromatic nitrogens is 2. The van der Waals surface area contributed by atoms with Gasteiger partial charge in [-0.05, 0) is 31.7 Å². The van der Waals surface area contributed by atoms with Crippen molar-refractivity contribution in [2.24, 2.45) is 7.05 Å². The van der Waals surface area contributed by atoms with E-state index in [1.165, 1.54) is 0 Å². The number of carbonyl (C=O) groups is 1. The van der Waals surface area contributed by atoms with Crippen LogP contribution in [0, 0.1) is 0 Å². The molecular formula is C10H14N2O2. The molecule has 4 heteroatoms. The normalized spacial score (nSPS) is 25.9. The van der Waals surface area contributed by atoms with Gasteiger partial charge in [-0.1, -0.05) is 0 Å². The first-order valence-corrected chi connectivity index (χ1v) is 4.80. The highest BCUT2D eigenvalue weighted by molar-refractivity contribution is 5.81. The van der Waals surface area contributed by atoms with Gasteiger partial charge in [0.25, 0.3) is 0 Å². The van der Waals surface area contributed by atoms with E-state index in [4.69, 9.17) is 0 Å². The molecule has 0 aromatic carbocycles. The number of hydrogen-bond acceptors (Lipinski definition) is 2. The van der Waals surface area contributed by atoms with Gasteiger partial charge in [-0.25, -0.2) is 0 Å². The lowest BCUT2D eigenvalue weighted by Gasteiger charge is -2.30. The highest BCUT2D eigenvalue weighted by atomic mass is 16.4. The molecule has 0 bridgehead atoms. The topological polar surface area (TPSA) is 55.1 Å². The van der Waals surface area contributed by atoms with Gasteiger partial charge in [0.1, 0.15) is 5.41 Å². The van der Waals surface area contributed by atoms with Crippen molar-refractivity contribution in [3.63, 3.8) is 0 Å². The standard InChI is InChI=1S/C10H14N2O2/c1-10(9(13)14)5-3-4-7-6-11-12(2)8(7)10/h6H,3-5H2,1-2H3,(H,13,14). The van der Waals surface area contributed by atoms with Crippen LogP contribution < -0.4 is 0 Å². The number of carboxylic acid groups (broad SMARTS) is 1. The van der Waals surface area contributed by atoms with Crippen LogP contribution in [-0.2, 0) is 23.7 Å². The lowest BCUT2D eigenvalue weighted by Crippen LogP contribution is -2.37. The van der Waals surface area contributed by atoms with Gasteiger partial charge in [-0.15, -0.1) is 0 Å². The molecule has 76 valence electrons. The Kier molecular flexibility index (Phi) is 1.87. The molecule has 1 atom stereocenters. The van der Waals surface area contributed by atoms with Crippen LogP contribution >= 0.6 is 0 Å². The summed E-state index contributed by atoms with van der Waals surface area (Å²) in [6.45, 7) is 1.79. The molecule has 1 aliphatic rings. The molecule has 1 heterocycles. The second-order valence-corrected chi connectivity index (χ2v) is 4.13. The predicted octanol–water partition coefficient (Wildman–Crippen LogP) is 1.10. The number of aryl methyl sites for hydroxylation is 2. The fourth-order valence-electron chi connectivity index (χ4n) is 2.34. The Morgan fingerprint density at radius 1 is 1.71 bits per heavy atom. The van der Waals surface area contributed by atoms with E-state index < -0.39 is 11.4 Å². The van der Waals surface area contributed by atoms with E-state index >= 15 is 0 Å². The Bertz CT molecular complexity index is 383. The molecule has 1 aromatic rings. The quantitative estimate of drug-likeness (QED) is 0.728. The SMILES string of the molecule is Cn1ncc2c1C(C)(C(=O)O)CCC2. The lowest BCUT2D eigenvalue weighted by molar-refractivity contribution is -0.144. The third-order valence-electron chi connectivity index (χ3n) is 3.13. The maximum Gasteiger partial charge on any atom is 0.315 e. The largest absolute Gasteiger partial charge is 0.481 e. The molecule has 0 saturated carbocycles. The van der Waals surface area contributed by atoms with E-state index in [-0.39, 0.29) is 0 Å². The van der Waals surface area contributed by atoms with Crippen LogP contribution in [0.15, 0.2) is 6.20 Å². The minimum absolute atomic E-state index is 0.703. The van der Waals surface area contributed by atoms with Crippen LogP contribution in [-0.4, -0.2) is 20.9 Å². The van der Waals surface area contributed by atoms with E-state index in [9.17, 15) is 9.90 Å². The average molecular weight is 194 g/mol. The number of hydrogen-bond donors (Lipinski definition) is 1. The van der Waals surface area contributed by atoms with Crippen molar-refractivity contribution >= 4 is 5.97 Å². The van der Waals surface area contributed by atoms with Crippen LogP contribution in [0.3, 0.4) is 0 Å². The molecule has 2 rings (SSSR count). The molecule has 1 aliphatic carbocycles. The minimum Gasteiger partial charge on any atom is -0.481 e. The van der Waals surface area contributed by atoms with E-state index in [0.29, 0.717) is 6.42 Å². The van der Waals surface area contributed by atoms with Crippen molar-refractivity contribution in [3.8, 4) is 0 Å². The first kappa shape index (κ1) is 9.24. The second-order valence-electron chi connectivity index (χ2n) is 4.13.